The summed E-state index contributed by atoms with van der Waals surface area (Å²) in [5, 5.41) is 3.11. The minimum Gasteiger partial charge on any atom is -0.433 e. The summed E-state index contributed by atoms with van der Waals surface area (Å²) in [6.45, 7) is -0.497. The number of aryl methyl sites for hydroxylation is 1. The van der Waals surface area contributed by atoms with Crippen molar-refractivity contribution in [3.8, 4) is 5.75 Å². The fourth-order valence-corrected chi connectivity index (χ4v) is 1.73. The monoisotopic (exact) mass is 343 g/mol. The molecular weight excluding hydrogens is 332 g/mol. The van der Waals surface area contributed by atoms with Gasteiger partial charge in [-0.1, -0.05) is 0 Å². The van der Waals surface area contributed by atoms with Gasteiger partial charge in [0.25, 0.3) is 0 Å². The summed E-state index contributed by atoms with van der Waals surface area (Å²) in [6.07, 6.45) is 1.27. The van der Waals surface area contributed by atoms with Gasteiger partial charge < -0.3 is 10.1 Å². The van der Waals surface area contributed by atoms with Crippen LogP contribution in [0.2, 0.25) is 0 Å². The van der Waals surface area contributed by atoms with Crippen molar-refractivity contribution in [1.29, 1.82) is 0 Å². The Morgan fingerprint density at radius 1 is 1.30 bits per heavy atom. The zero-order chi connectivity index (χ0) is 14.5. The number of nitrogens with zero attached hydrogens (tertiary/aromatic N) is 2. The summed E-state index contributed by atoms with van der Waals surface area (Å²) in [7, 11) is 0. The van der Waals surface area contributed by atoms with E-state index >= 15 is 0 Å². The van der Waals surface area contributed by atoms with Crippen molar-refractivity contribution in [3.05, 3.63) is 46.3 Å². The van der Waals surface area contributed by atoms with Gasteiger partial charge in [0.15, 0.2) is 0 Å². The SMILES string of the molecule is Cc1nc(NCc2ccc(OC(F)F)cn2)ccc1Br. The third kappa shape index (κ3) is 4.12. The zero-order valence-electron chi connectivity index (χ0n) is 10.6. The maximum atomic E-state index is 12.0. The summed E-state index contributed by atoms with van der Waals surface area (Å²) in [5.74, 6) is 0.766. The summed E-state index contributed by atoms with van der Waals surface area (Å²) in [6, 6.07) is 6.82. The molecular formula is C13H12BrF2N3O. The molecule has 0 atom stereocenters. The van der Waals surface area contributed by atoms with Gasteiger partial charge >= 0.3 is 6.61 Å². The van der Waals surface area contributed by atoms with Crippen molar-refractivity contribution < 1.29 is 13.5 Å². The van der Waals surface area contributed by atoms with Crippen LogP contribution >= 0.6 is 15.9 Å². The van der Waals surface area contributed by atoms with Gasteiger partial charge in [0.1, 0.15) is 11.6 Å². The van der Waals surface area contributed by atoms with E-state index in [0.29, 0.717) is 12.2 Å². The number of aromatic nitrogens is 2. The van der Waals surface area contributed by atoms with E-state index in [1.807, 2.05) is 19.1 Å². The van der Waals surface area contributed by atoms with E-state index in [9.17, 15) is 8.78 Å². The number of rotatable bonds is 5. The van der Waals surface area contributed by atoms with Crippen molar-refractivity contribution in [2.24, 2.45) is 0 Å². The maximum Gasteiger partial charge on any atom is 0.387 e. The van der Waals surface area contributed by atoms with E-state index in [2.05, 4.69) is 36.0 Å². The van der Waals surface area contributed by atoms with Crippen molar-refractivity contribution in [1.82, 2.24) is 9.97 Å². The molecule has 2 rings (SSSR count). The number of ether oxygens (including phenoxy) is 1. The van der Waals surface area contributed by atoms with Crippen molar-refractivity contribution in [2.75, 3.05) is 5.32 Å². The van der Waals surface area contributed by atoms with Crippen LogP contribution in [0.25, 0.3) is 0 Å². The van der Waals surface area contributed by atoms with E-state index in [1.165, 1.54) is 12.3 Å². The van der Waals surface area contributed by atoms with Crippen molar-refractivity contribution >= 4 is 21.7 Å². The van der Waals surface area contributed by atoms with Gasteiger partial charge in [-0.3, -0.25) is 4.98 Å². The summed E-state index contributed by atoms with van der Waals surface area (Å²) < 4.78 is 29.1. The average Bonchev–Trinajstić information content (AvgIpc) is 2.41. The third-order valence-electron chi connectivity index (χ3n) is 2.49. The van der Waals surface area contributed by atoms with Crippen LogP contribution in [0.4, 0.5) is 14.6 Å². The topological polar surface area (TPSA) is 47.0 Å². The van der Waals surface area contributed by atoms with E-state index in [-0.39, 0.29) is 5.75 Å². The van der Waals surface area contributed by atoms with Crippen LogP contribution in [0.15, 0.2) is 34.9 Å². The average molecular weight is 344 g/mol. The Morgan fingerprint density at radius 2 is 2.10 bits per heavy atom. The van der Waals surface area contributed by atoms with E-state index in [1.54, 1.807) is 6.07 Å². The second kappa shape index (κ2) is 6.60. The lowest BCUT2D eigenvalue weighted by atomic mass is 10.3. The Bertz CT molecular complexity index is 578. The lowest BCUT2D eigenvalue weighted by molar-refractivity contribution is -0.0500. The fourth-order valence-electron chi connectivity index (χ4n) is 1.51. The number of alkyl halides is 2. The third-order valence-corrected chi connectivity index (χ3v) is 3.33. The van der Waals surface area contributed by atoms with Gasteiger partial charge in [0, 0.05) is 4.47 Å². The van der Waals surface area contributed by atoms with Gasteiger partial charge in [-0.25, -0.2) is 4.98 Å². The Kier molecular flexibility index (Phi) is 4.84. The van der Waals surface area contributed by atoms with E-state index in [0.717, 1.165) is 16.0 Å². The normalized spacial score (nSPS) is 10.7. The molecule has 0 aliphatic heterocycles. The van der Waals surface area contributed by atoms with Gasteiger partial charge in [0.05, 0.1) is 24.1 Å². The highest BCUT2D eigenvalue weighted by Gasteiger charge is 2.05. The molecule has 0 bridgehead atoms. The van der Waals surface area contributed by atoms with Crippen LogP contribution in [0.3, 0.4) is 0 Å². The first-order chi connectivity index (χ1) is 9.54. The first-order valence-corrected chi connectivity index (χ1v) is 6.60. The minimum absolute atomic E-state index is 0.0429. The van der Waals surface area contributed by atoms with Crippen molar-refractivity contribution in [3.63, 3.8) is 0 Å². The molecule has 0 aromatic carbocycles. The predicted molar refractivity (Wildman–Crippen MR) is 74.9 cm³/mol. The maximum absolute atomic E-state index is 12.0. The van der Waals surface area contributed by atoms with Crippen LogP contribution in [-0.2, 0) is 6.54 Å². The van der Waals surface area contributed by atoms with Crippen LogP contribution in [-0.4, -0.2) is 16.6 Å². The lowest BCUT2D eigenvalue weighted by Crippen LogP contribution is -2.05. The number of nitrogens with one attached hydrogen (secondary N) is 1. The molecule has 2 heterocycles. The second-order valence-corrected chi connectivity index (χ2v) is 4.84. The first-order valence-electron chi connectivity index (χ1n) is 5.81. The van der Waals surface area contributed by atoms with Crippen LogP contribution in [0.5, 0.6) is 5.75 Å². The van der Waals surface area contributed by atoms with Gasteiger partial charge in [0.2, 0.25) is 0 Å². The highest BCUT2D eigenvalue weighted by Crippen LogP contribution is 2.17. The van der Waals surface area contributed by atoms with Gasteiger partial charge in [-0.05, 0) is 47.1 Å². The molecule has 2 aromatic heterocycles. The van der Waals surface area contributed by atoms with E-state index < -0.39 is 6.61 Å². The summed E-state index contributed by atoms with van der Waals surface area (Å²) in [4.78, 5) is 8.36. The van der Waals surface area contributed by atoms with Crippen molar-refractivity contribution in [2.45, 2.75) is 20.1 Å². The quantitative estimate of drug-likeness (QED) is 0.897. The molecule has 20 heavy (non-hydrogen) atoms. The zero-order valence-corrected chi connectivity index (χ0v) is 12.2. The molecule has 0 aliphatic carbocycles. The number of hydrogen-bond acceptors (Lipinski definition) is 4. The van der Waals surface area contributed by atoms with Gasteiger partial charge in [-0.15, -0.1) is 0 Å². The molecule has 106 valence electrons. The molecule has 1 N–H and O–H groups in total. The number of pyridine rings is 2. The lowest BCUT2D eigenvalue weighted by Gasteiger charge is -2.08. The predicted octanol–water partition coefficient (Wildman–Crippen LogP) is 3.76. The molecule has 0 saturated heterocycles. The Labute approximate surface area is 123 Å². The molecule has 0 fully saturated rings. The Hall–Kier alpha value is -1.76. The standard InChI is InChI=1S/C13H12BrF2N3O/c1-8-11(14)4-5-12(19-8)18-6-9-2-3-10(7-17-9)20-13(15)16/h2-5,7,13H,6H2,1H3,(H,18,19). The molecule has 0 unspecified atom stereocenters. The van der Waals surface area contributed by atoms with E-state index in [4.69, 9.17) is 0 Å². The molecule has 0 amide bonds. The number of anilines is 1. The summed E-state index contributed by atoms with van der Waals surface area (Å²) >= 11 is 3.38. The van der Waals surface area contributed by atoms with Crippen LogP contribution < -0.4 is 10.1 Å². The molecule has 0 spiro atoms. The smallest absolute Gasteiger partial charge is 0.387 e. The Balaban J connectivity index is 1.95. The number of halogens is 3. The molecule has 0 aliphatic rings. The first kappa shape index (κ1) is 14.6. The van der Waals surface area contributed by atoms with Gasteiger partial charge in [-0.2, -0.15) is 8.78 Å². The Morgan fingerprint density at radius 3 is 2.70 bits per heavy atom. The minimum atomic E-state index is -2.84. The fraction of sp³-hybridized carbons (Fsp3) is 0.231. The second-order valence-electron chi connectivity index (χ2n) is 3.98. The van der Waals surface area contributed by atoms with Crippen LogP contribution in [0.1, 0.15) is 11.4 Å². The highest BCUT2D eigenvalue weighted by molar-refractivity contribution is 9.10. The molecule has 4 nitrogen and oxygen atoms in total. The molecule has 0 saturated carbocycles. The molecule has 2 aromatic rings. The summed E-state index contributed by atoms with van der Waals surface area (Å²) in [5.41, 5.74) is 1.58. The largest absolute Gasteiger partial charge is 0.433 e. The van der Waals surface area contributed by atoms with Crippen LogP contribution in [0, 0.1) is 6.92 Å². The molecule has 0 radical (unpaired) electrons. The molecule has 7 heteroatoms. The number of hydrogen-bond donors (Lipinski definition) is 1. The highest BCUT2D eigenvalue weighted by atomic mass is 79.9.